The average Bonchev–Trinajstić information content (AvgIpc) is 2.66. The Hall–Kier alpha value is -1.21. The Labute approximate surface area is 113 Å². The number of imidazole rings is 1. The molecule has 2 aromatic rings. The van der Waals surface area contributed by atoms with Gasteiger partial charge in [0.1, 0.15) is 5.82 Å². The Morgan fingerprint density at radius 2 is 1.89 bits per heavy atom. The molecule has 1 aliphatic rings. The van der Waals surface area contributed by atoms with Gasteiger partial charge in [-0.05, 0) is 22.9 Å². The molecular formula is C11H14BrN5O. The van der Waals surface area contributed by atoms with E-state index in [-0.39, 0.29) is 0 Å². The number of anilines is 1. The lowest BCUT2D eigenvalue weighted by Crippen LogP contribution is -2.37. The van der Waals surface area contributed by atoms with E-state index in [1.807, 2.05) is 18.5 Å². The Morgan fingerprint density at radius 3 is 2.61 bits per heavy atom. The van der Waals surface area contributed by atoms with Crippen molar-refractivity contribution >= 4 is 32.9 Å². The first-order valence-corrected chi connectivity index (χ1v) is 6.65. The summed E-state index contributed by atoms with van der Waals surface area (Å²) in [4.78, 5) is 15.7. The number of morpholine rings is 1. The van der Waals surface area contributed by atoms with Crippen molar-refractivity contribution in [1.82, 2.24) is 19.5 Å². The van der Waals surface area contributed by atoms with Gasteiger partial charge in [0.05, 0.1) is 13.2 Å². The molecule has 0 saturated carbocycles. The first-order chi connectivity index (χ1) is 8.66. The van der Waals surface area contributed by atoms with E-state index in [4.69, 9.17) is 4.74 Å². The third kappa shape index (κ3) is 1.87. The lowest BCUT2D eigenvalue weighted by atomic mass is 10.3. The summed E-state index contributed by atoms with van der Waals surface area (Å²) < 4.78 is 8.07. The van der Waals surface area contributed by atoms with Crippen molar-refractivity contribution in [3.8, 4) is 0 Å². The van der Waals surface area contributed by atoms with Crippen LogP contribution in [0.4, 0.5) is 5.82 Å². The van der Waals surface area contributed by atoms with Gasteiger partial charge in [-0.25, -0.2) is 15.0 Å². The van der Waals surface area contributed by atoms with Crippen LogP contribution in [0.1, 0.15) is 5.82 Å². The van der Waals surface area contributed by atoms with Crippen molar-refractivity contribution < 1.29 is 4.74 Å². The third-order valence-electron chi connectivity index (χ3n) is 3.07. The lowest BCUT2D eigenvalue weighted by molar-refractivity contribution is 0.122. The van der Waals surface area contributed by atoms with Gasteiger partial charge >= 0.3 is 0 Å². The van der Waals surface area contributed by atoms with Gasteiger partial charge in [0.15, 0.2) is 21.7 Å². The number of ether oxygens (including phenoxy) is 1. The second-order valence-corrected chi connectivity index (χ2v) is 5.02. The summed E-state index contributed by atoms with van der Waals surface area (Å²) in [7, 11) is 1.94. The van der Waals surface area contributed by atoms with Gasteiger partial charge in [-0.2, -0.15) is 0 Å². The van der Waals surface area contributed by atoms with Crippen molar-refractivity contribution in [3.05, 3.63) is 10.6 Å². The summed E-state index contributed by atoms with van der Waals surface area (Å²) >= 11 is 3.43. The molecule has 0 atom stereocenters. The minimum absolute atomic E-state index is 0.735. The summed E-state index contributed by atoms with van der Waals surface area (Å²) in [6, 6.07) is 0. The highest BCUT2D eigenvalue weighted by Gasteiger charge is 2.20. The number of fused-ring (bicyclic) bond motifs is 1. The van der Waals surface area contributed by atoms with Crippen LogP contribution in [0.5, 0.6) is 0 Å². The first-order valence-electron chi connectivity index (χ1n) is 5.86. The van der Waals surface area contributed by atoms with Crippen LogP contribution in [-0.4, -0.2) is 45.8 Å². The largest absolute Gasteiger partial charge is 0.378 e. The quantitative estimate of drug-likeness (QED) is 0.742. The van der Waals surface area contributed by atoms with E-state index in [1.54, 1.807) is 0 Å². The Kier molecular flexibility index (Phi) is 2.95. The molecular weight excluding hydrogens is 298 g/mol. The van der Waals surface area contributed by atoms with Crippen LogP contribution in [0.3, 0.4) is 0 Å². The van der Waals surface area contributed by atoms with E-state index in [9.17, 15) is 0 Å². The molecule has 6 nitrogen and oxygen atoms in total. The fraction of sp³-hybridized carbons (Fsp3) is 0.545. The summed E-state index contributed by atoms with van der Waals surface area (Å²) in [5.41, 5.74) is 1.70. The molecule has 96 valence electrons. The van der Waals surface area contributed by atoms with Gasteiger partial charge in [-0.3, -0.25) is 0 Å². The molecule has 1 fully saturated rings. The molecule has 1 aliphatic heterocycles. The highest BCUT2D eigenvalue weighted by atomic mass is 79.9. The minimum atomic E-state index is 0.735. The number of rotatable bonds is 1. The van der Waals surface area contributed by atoms with Gasteiger partial charge in [-0.15, -0.1) is 0 Å². The number of hydrogen-bond donors (Lipinski definition) is 0. The van der Waals surface area contributed by atoms with Crippen LogP contribution < -0.4 is 4.90 Å². The number of aryl methyl sites for hydroxylation is 2. The molecule has 2 aromatic heterocycles. The number of halogens is 1. The van der Waals surface area contributed by atoms with E-state index in [2.05, 4.69) is 35.8 Å². The number of hydrogen-bond acceptors (Lipinski definition) is 5. The molecule has 7 heteroatoms. The van der Waals surface area contributed by atoms with Crippen molar-refractivity contribution in [3.63, 3.8) is 0 Å². The van der Waals surface area contributed by atoms with Crippen LogP contribution in [0.2, 0.25) is 0 Å². The first kappa shape index (κ1) is 11.9. The summed E-state index contributed by atoms with van der Waals surface area (Å²) in [6.07, 6.45) is 0. The summed E-state index contributed by atoms with van der Waals surface area (Å²) in [5.74, 6) is 1.67. The molecule has 3 rings (SSSR count). The summed E-state index contributed by atoms with van der Waals surface area (Å²) in [5, 5.41) is 0. The van der Waals surface area contributed by atoms with Crippen LogP contribution in [0.25, 0.3) is 11.2 Å². The van der Waals surface area contributed by atoms with Crippen LogP contribution in [-0.2, 0) is 11.8 Å². The SMILES string of the molecule is Cc1nc(N2CCOCC2)c2nc(Br)n(C)c2n1. The van der Waals surface area contributed by atoms with E-state index in [0.29, 0.717) is 0 Å². The summed E-state index contributed by atoms with van der Waals surface area (Å²) in [6.45, 7) is 5.07. The molecule has 0 N–H and O–H groups in total. The molecule has 0 unspecified atom stereocenters. The fourth-order valence-electron chi connectivity index (χ4n) is 2.12. The normalized spacial score (nSPS) is 16.5. The highest BCUT2D eigenvalue weighted by molar-refractivity contribution is 9.10. The standard InChI is InChI=1S/C11H14BrN5O/c1-7-13-9-8(15-11(12)16(9)2)10(14-7)17-3-5-18-6-4-17/h3-6H2,1-2H3. The Bertz CT molecular complexity index is 591. The molecule has 0 aliphatic carbocycles. The second kappa shape index (κ2) is 4.47. The average molecular weight is 312 g/mol. The molecule has 0 spiro atoms. The van der Waals surface area contributed by atoms with Gasteiger partial charge in [0.2, 0.25) is 0 Å². The van der Waals surface area contributed by atoms with Gasteiger partial charge in [0.25, 0.3) is 0 Å². The van der Waals surface area contributed by atoms with Crippen molar-refractivity contribution in [2.45, 2.75) is 6.92 Å². The predicted molar refractivity (Wildman–Crippen MR) is 71.8 cm³/mol. The number of nitrogens with zero attached hydrogens (tertiary/aromatic N) is 5. The molecule has 1 saturated heterocycles. The zero-order valence-electron chi connectivity index (χ0n) is 10.4. The second-order valence-electron chi connectivity index (χ2n) is 4.31. The van der Waals surface area contributed by atoms with Crippen molar-refractivity contribution in [2.75, 3.05) is 31.2 Å². The Balaban J connectivity index is 2.17. The molecule has 18 heavy (non-hydrogen) atoms. The van der Waals surface area contributed by atoms with Gasteiger partial charge in [0, 0.05) is 20.1 Å². The van der Waals surface area contributed by atoms with Crippen LogP contribution in [0, 0.1) is 6.92 Å². The van der Waals surface area contributed by atoms with Crippen molar-refractivity contribution in [1.29, 1.82) is 0 Å². The van der Waals surface area contributed by atoms with Crippen molar-refractivity contribution in [2.24, 2.45) is 7.05 Å². The smallest absolute Gasteiger partial charge is 0.179 e. The van der Waals surface area contributed by atoms with E-state index in [1.165, 1.54) is 0 Å². The zero-order valence-corrected chi connectivity index (χ0v) is 11.9. The Morgan fingerprint density at radius 1 is 1.17 bits per heavy atom. The van der Waals surface area contributed by atoms with Crippen LogP contribution >= 0.6 is 15.9 Å². The fourth-order valence-corrected chi connectivity index (χ4v) is 2.47. The van der Waals surface area contributed by atoms with Gasteiger partial charge < -0.3 is 14.2 Å². The minimum Gasteiger partial charge on any atom is -0.378 e. The highest BCUT2D eigenvalue weighted by Crippen LogP contribution is 2.26. The third-order valence-corrected chi connectivity index (χ3v) is 3.78. The predicted octanol–water partition coefficient (Wildman–Crippen LogP) is 1.27. The van der Waals surface area contributed by atoms with E-state index < -0.39 is 0 Å². The molecule has 0 aromatic carbocycles. The zero-order chi connectivity index (χ0) is 12.7. The van der Waals surface area contributed by atoms with E-state index in [0.717, 1.165) is 53.8 Å². The van der Waals surface area contributed by atoms with Crippen LogP contribution in [0.15, 0.2) is 4.73 Å². The molecule has 0 amide bonds. The monoisotopic (exact) mass is 311 g/mol. The molecule has 0 bridgehead atoms. The molecule has 0 radical (unpaired) electrons. The lowest BCUT2D eigenvalue weighted by Gasteiger charge is -2.27. The van der Waals surface area contributed by atoms with Gasteiger partial charge in [-0.1, -0.05) is 0 Å². The maximum absolute atomic E-state index is 5.37. The maximum atomic E-state index is 5.37. The number of aromatic nitrogens is 4. The maximum Gasteiger partial charge on any atom is 0.179 e. The topological polar surface area (TPSA) is 56.1 Å². The van der Waals surface area contributed by atoms with E-state index >= 15 is 0 Å². The molecule has 3 heterocycles.